The van der Waals surface area contributed by atoms with Crippen LogP contribution in [0.2, 0.25) is 0 Å². The first-order valence-electron chi connectivity index (χ1n) is 8.32. The Morgan fingerprint density at radius 2 is 1.85 bits per heavy atom. The number of Topliss-reactive ketones (excluding diaryl/α,β-unsaturated/α-hetero) is 1. The average molecular weight is 411 g/mol. The molecule has 0 saturated carbocycles. The van der Waals surface area contributed by atoms with Crippen molar-refractivity contribution >= 4 is 21.7 Å². The monoisotopic (exact) mass is 410 g/mol. The van der Waals surface area contributed by atoms with Crippen LogP contribution in [0.1, 0.15) is 39.4 Å². The standard InChI is InChI=1S/C21H19BrN2O2/c1-14-5-3-4-6-18(14)19(15-7-9-17(22)10-8-15)11-20(25)16-12-23-21(26)24(2)13-16/h3-10,12-13,19H,11H2,1-2H3. The van der Waals surface area contributed by atoms with Crippen molar-refractivity contribution in [3.63, 3.8) is 0 Å². The molecule has 0 N–H and O–H groups in total. The van der Waals surface area contributed by atoms with E-state index in [0.29, 0.717) is 12.0 Å². The Balaban J connectivity index is 1.99. The molecule has 1 unspecified atom stereocenters. The molecule has 0 bridgehead atoms. The molecule has 0 fully saturated rings. The van der Waals surface area contributed by atoms with E-state index < -0.39 is 0 Å². The van der Waals surface area contributed by atoms with Gasteiger partial charge in [0, 0.05) is 36.3 Å². The number of ketones is 1. The second-order valence-corrected chi connectivity index (χ2v) is 7.24. The molecule has 26 heavy (non-hydrogen) atoms. The van der Waals surface area contributed by atoms with E-state index in [1.807, 2.05) is 36.4 Å². The average Bonchev–Trinajstić information content (AvgIpc) is 2.63. The van der Waals surface area contributed by atoms with Crippen molar-refractivity contribution in [3.05, 3.63) is 98.1 Å². The Hall–Kier alpha value is -2.53. The number of carbonyl (C=O) groups excluding carboxylic acids is 1. The molecule has 1 heterocycles. The van der Waals surface area contributed by atoms with Gasteiger partial charge in [0.15, 0.2) is 5.78 Å². The molecule has 0 aliphatic carbocycles. The van der Waals surface area contributed by atoms with Crippen LogP contribution in [-0.4, -0.2) is 15.3 Å². The van der Waals surface area contributed by atoms with Crippen molar-refractivity contribution < 1.29 is 4.79 Å². The molecule has 3 aromatic rings. The Kier molecular flexibility index (Phi) is 5.47. The molecule has 0 saturated heterocycles. The summed E-state index contributed by atoms with van der Waals surface area (Å²) in [5.74, 6) is -0.0988. The van der Waals surface area contributed by atoms with Crippen LogP contribution in [0.15, 0.2) is 70.2 Å². The van der Waals surface area contributed by atoms with Gasteiger partial charge >= 0.3 is 5.69 Å². The van der Waals surface area contributed by atoms with Crippen LogP contribution in [-0.2, 0) is 7.05 Å². The predicted molar refractivity (Wildman–Crippen MR) is 106 cm³/mol. The summed E-state index contributed by atoms with van der Waals surface area (Å²) in [6.45, 7) is 2.06. The van der Waals surface area contributed by atoms with Crippen molar-refractivity contribution in [2.45, 2.75) is 19.3 Å². The van der Waals surface area contributed by atoms with Gasteiger partial charge in [-0.25, -0.2) is 9.78 Å². The van der Waals surface area contributed by atoms with Gasteiger partial charge in [-0.1, -0.05) is 52.3 Å². The number of nitrogens with zero attached hydrogens (tertiary/aromatic N) is 2. The molecule has 1 aromatic heterocycles. The minimum atomic E-state index is -0.370. The molecule has 0 aliphatic rings. The summed E-state index contributed by atoms with van der Waals surface area (Å²) in [5.41, 5.74) is 3.43. The highest BCUT2D eigenvalue weighted by Gasteiger charge is 2.21. The van der Waals surface area contributed by atoms with Gasteiger partial charge in [-0.2, -0.15) is 0 Å². The molecule has 5 heteroatoms. The number of halogens is 1. The van der Waals surface area contributed by atoms with E-state index in [1.165, 1.54) is 10.8 Å². The van der Waals surface area contributed by atoms with Crippen LogP contribution in [0.4, 0.5) is 0 Å². The van der Waals surface area contributed by atoms with E-state index in [0.717, 1.165) is 21.2 Å². The van der Waals surface area contributed by atoms with Crippen molar-refractivity contribution in [1.82, 2.24) is 9.55 Å². The number of aryl methyl sites for hydroxylation is 2. The largest absolute Gasteiger partial charge is 0.347 e. The molecule has 3 rings (SSSR count). The summed E-state index contributed by atoms with van der Waals surface area (Å²) < 4.78 is 2.33. The highest BCUT2D eigenvalue weighted by Crippen LogP contribution is 2.32. The van der Waals surface area contributed by atoms with Gasteiger partial charge < -0.3 is 4.57 Å². The molecule has 1 atom stereocenters. The van der Waals surface area contributed by atoms with Crippen LogP contribution in [0.5, 0.6) is 0 Å². The number of aromatic nitrogens is 2. The van der Waals surface area contributed by atoms with E-state index in [4.69, 9.17) is 0 Å². The maximum Gasteiger partial charge on any atom is 0.347 e. The van der Waals surface area contributed by atoms with E-state index in [9.17, 15) is 9.59 Å². The summed E-state index contributed by atoms with van der Waals surface area (Å²) in [6.07, 6.45) is 3.22. The maximum absolute atomic E-state index is 12.9. The van der Waals surface area contributed by atoms with E-state index in [1.54, 1.807) is 13.2 Å². The Morgan fingerprint density at radius 1 is 1.15 bits per heavy atom. The Morgan fingerprint density at radius 3 is 2.50 bits per heavy atom. The first kappa shape index (κ1) is 18.3. The number of hydrogen-bond acceptors (Lipinski definition) is 3. The van der Waals surface area contributed by atoms with Gasteiger partial charge in [0.1, 0.15) is 0 Å². The lowest BCUT2D eigenvalue weighted by Gasteiger charge is -2.20. The number of benzene rings is 2. The van der Waals surface area contributed by atoms with Crippen molar-refractivity contribution in [2.24, 2.45) is 7.05 Å². The van der Waals surface area contributed by atoms with Gasteiger partial charge in [0.25, 0.3) is 0 Å². The number of hydrogen-bond donors (Lipinski definition) is 0. The molecule has 0 amide bonds. The quantitative estimate of drug-likeness (QED) is 0.590. The highest BCUT2D eigenvalue weighted by atomic mass is 79.9. The molecule has 0 radical (unpaired) electrons. The van der Waals surface area contributed by atoms with Crippen molar-refractivity contribution in [1.29, 1.82) is 0 Å². The van der Waals surface area contributed by atoms with Crippen LogP contribution in [0.3, 0.4) is 0 Å². The highest BCUT2D eigenvalue weighted by molar-refractivity contribution is 9.10. The zero-order chi connectivity index (χ0) is 18.7. The van der Waals surface area contributed by atoms with Crippen molar-refractivity contribution in [3.8, 4) is 0 Å². The van der Waals surface area contributed by atoms with Crippen LogP contribution in [0, 0.1) is 6.92 Å². The lowest BCUT2D eigenvalue weighted by Crippen LogP contribution is -2.21. The molecular weight excluding hydrogens is 392 g/mol. The normalized spacial score (nSPS) is 12.0. The van der Waals surface area contributed by atoms with Gasteiger partial charge in [0.2, 0.25) is 0 Å². The van der Waals surface area contributed by atoms with Crippen LogP contribution >= 0.6 is 15.9 Å². The third-order valence-corrected chi connectivity index (χ3v) is 5.02. The summed E-state index contributed by atoms with van der Waals surface area (Å²) in [4.78, 5) is 28.1. The second-order valence-electron chi connectivity index (χ2n) is 6.32. The minimum Gasteiger partial charge on any atom is -0.302 e. The van der Waals surface area contributed by atoms with Gasteiger partial charge in [-0.3, -0.25) is 4.79 Å². The smallest absolute Gasteiger partial charge is 0.302 e. The molecule has 0 spiro atoms. The first-order valence-corrected chi connectivity index (χ1v) is 9.12. The van der Waals surface area contributed by atoms with E-state index >= 15 is 0 Å². The van der Waals surface area contributed by atoms with Crippen LogP contribution < -0.4 is 5.69 Å². The minimum absolute atomic E-state index is 0.0377. The van der Waals surface area contributed by atoms with E-state index in [2.05, 4.69) is 40.0 Å². The molecule has 132 valence electrons. The predicted octanol–water partition coefficient (Wildman–Crippen LogP) is 4.26. The summed E-state index contributed by atoms with van der Waals surface area (Å²) in [7, 11) is 1.60. The summed E-state index contributed by atoms with van der Waals surface area (Å²) >= 11 is 3.46. The molecule has 2 aromatic carbocycles. The van der Waals surface area contributed by atoms with Gasteiger partial charge in [-0.05, 0) is 35.7 Å². The van der Waals surface area contributed by atoms with Crippen LogP contribution in [0.25, 0.3) is 0 Å². The number of rotatable bonds is 5. The summed E-state index contributed by atoms with van der Waals surface area (Å²) in [6, 6.07) is 16.1. The topological polar surface area (TPSA) is 52.0 Å². The molecule has 4 nitrogen and oxygen atoms in total. The zero-order valence-electron chi connectivity index (χ0n) is 14.6. The third-order valence-electron chi connectivity index (χ3n) is 4.50. The zero-order valence-corrected chi connectivity index (χ0v) is 16.2. The fourth-order valence-corrected chi connectivity index (χ4v) is 3.30. The summed E-state index contributed by atoms with van der Waals surface area (Å²) in [5, 5.41) is 0. The maximum atomic E-state index is 12.9. The fourth-order valence-electron chi connectivity index (χ4n) is 3.04. The SMILES string of the molecule is Cc1ccccc1C(CC(=O)c1cnc(=O)n(C)c1)c1ccc(Br)cc1. The number of carbonyl (C=O) groups is 1. The van der Waals surface area contributed by atoms with Crippen molar-refractivity contribution in [2.75, 3.05) is 0 Å². The van der Waals surface area contributed by atoms with E-state index in [-0.39, 0.29) is 17.4 Å². The lowest BCUT2D eigenvalue weighted by atomic mass is 9.84. The fraction of sp³-hybridized carbons (Fsp3) is 0.190. The second kappa shape index (κ2) is 7.79. The molecule has 0 aliphatic heterocycles. The first-order chi connectivity index (χ1) is 12.5. The third kappa shape index (κ3) is 3.99. The van der Waals surface area contributed by atoms with Gasteiger partial charge in [0.05, 0.1) is 5.56 Å². The Labute approximate surface area is 160 Å². The lowest BCUT2D eigenvalue weighted by molar-refractivity contribution is 0.0976. The molecular formula is C21H19BrN2O2. The van der Waals surface area contributed by atoms with Gasteiger partial charge in [-0.15, -0.1) is 0 Å². The Bertz CT molecular complexity index is 993.